The van der Waals surface area contributed by atoms with Gasteiger partial charge in [-0.2, -0.15) is 0 Å². The first-order valence-electron chi connectivity index (χ1n) is 6.34. The van der Waals surface area contributed by atoms with E-state index < -0.39 is 0 Å². The fraction of sp³-hybridized carbons (Fsp3) is 0.429. The summed E-state index contributed by atoms with van der Waals surface area (Å²) in [5, 5.41) is 2.81. The molecule has 3 N–H and O–H groups in total. The van der Waals surface area contributed by atoms with Gasteiger partial charge in [0, 0.05) is 18.5 Å². The molecule has 0 atom stereocenters. The highest BCUT2D eigenvalue weighted by atomic mass is 16.5. The van der Waals surface area contributed by atoms with E-state index in [0.29, 0.717) is 12.8 Å². The molecule has 1 aromatic carbocycles. The zero-order chi connectivity index (χ0) is 14.1. The topological polar surface area (TPSA) is 81.4 Å². The Morgan fingerprint density at radius 2 is 1.74 bits per heavy atom. The normalized spacial score (nSPS) is 9.95. The molecule has 0 radical (unpaired) electrons. The van der Waals surface area contributed by atoms with Gasteiger partial charge in [0.05, 0.1) is 7.11 Å². The Morgan fingerprint density at radius 1 is 1.11 bits per heavy atom. The molecule has 19 heavy (non-hydrogen) atoms. The highest BCUT2D eigenvalue weighted by molar-refractivity contribution is 5.90. The fourth-order valence-corrected chi connectivity index (χ4v) is 1.66. The van der Waals surface area contributed by atoms with Crippen molar-refractivity contribution >= 4 is 17.5 Å². The molecule has 0 spiro atoms. The molecular formula is C14H20N2O3. The maximum Gasteiger partial charge on any atom is 0.224 e. The lowest BCUT2D eigenvalue weighted by Crippen LogP contribution is -2.12. The van der Waals surface area contributed by atoms with Crippen molar-refractivity contribution < 1.29 is 14.3 Å². The molecule has 5 nitrogen and oxygen atoms in total. The van der Waals surface area contributed by atoms with Gasteiger partial charge in [0.2, 0.25) is 11.8 Å². The van der Waals surface area contributed by atoms with Crippen LogP contribution in [0, 0.1) is 0 Å². The number of amides is 2. The average Bonchev–Trinajstić information content (AvgIpc) is 2.39. The summed E-state index contributed by atoms with van der Waals surface area (Å²) in [6.07, 6.45) is 3.17. The van der Waals surface area contributed by atoms with Crippen LogP contribution in [0.3, 0.4) is 0 Å². The number of methoxy groups -OCH3 is 1. The first-order chi connectivity index (χ1) is 9.11. The number of rotatable bonds is 8. The van der Waals surface area contributed by atoms with Crippen LogP contribution in [0.4, 0.5) is 5.69 Å². The minimum Gasteiger partial charge on any atom is -0.497 e. The molecule has 1 rings (SSSR count). The number of nitrogens with one attached hydrogen (secondary N) is 1. The van der Waals surface area contributed by atoms with Crippen molar-refractivity contribution in [1.29, 1.82) is 0 Å². The molecule has 5 heteroatoms. The number of ether oxygens (including phenoxy) is 1. The first kappa shape index (κ1) is 15.0. The van der Waals surface area contributed by atoms with E-state index in [2.05, 4.69) is 5.32 Å². The van der Waals surface area contributed by atoms with E-state index in [1.54, 1.807) is 31.4 Å². The van der Waals surface area contributed by atoms with Crippen LogP contribution in [-0.2, 0) is 9.59 Å². The number of nitrogens with two attached hydrogens (primary N) is 1. The van der Waals surface area contributed by atoms with E-state index in [1.165, 1.54) is 0 Å². The molecule has 0 fully saturated rings. The molecule has 0 unspecified atom stereocenters. The van der Waals surface area contributed by atoms with E-state index in [4.69, 9.17) is 10.5 Å². The van der Waals surface area contributed by atoms with E-state index in [1.807, 2.05) is 0 Å². The third-order valence-electron chi connectivity index (χ3n) is 2.70. The predicted molar refractivity (Wildman–Crippen MR) is 73.9 cm³/mol. The molecule has 0 saturated carbocycles. The standard InChI is InChI=1S/C14H20N2O3/c1-19-12-9-7-11(8-10-12)16-14(18)6-4-2-3-5-13(15)17/h7-10H,2-6H2,1H3,(H2,15,17)(H,16,18). The Bertz CT molecular complexity index is 415. The fourth-order valence-electron chi connectivity index (χ4n) is 1.66. The highest BCUT2D eigenvalue weighted by Gasteiger charge is 2.03. The molecule has 0 bridgehead atoms. The number of hydrogen-bond acceptors (Lipinski definition) is 3. The van der Waals surface area contributed by atoms with Crippen molar-refractivity contribution in [3.63, 3.8) is 0 Å². The van der Waals surface area contributed by atoms with E-state index in [9.17, 15) is 9.59 Å². The van der Waals surface area contributed by atoms with Gasteiger partial charge in [-0.05, 0) is 37.1 Å². The highest BCUT2D eigenvalue weighted by Crippen LogP contribution is 2.15. The summed E-state index contributed by atoms with van der Waals surface area (Å²) in [4.78, 5) is 22.2. The maximum absolute atomic E-state index is 11.6. The number of carbonyl (C=O) groups excluding carboxylic acids is 2. The second-order valence-corrected chi connectivity index (χ2v) is 4.30. The maximum atomic E-state index is 11.6. The minimum atomic E-state index is -0.289. The summed E-state index contributed by atoms with van der Waals surface area (Å²) in [6, 6.07) is 7.18. The molecule has 0 saturated heterocycles. The summed E-state index contributed by atoms with van der Waals surface area (Å²) in [5.74, 6) is 0.441. The third kappa shape index (κ3) is 6.45. The van der Waals surface area contributed by atoms with Crippen LogP contribution in [0.15, 0.2) is 24.3 Å². The van der Waals surface area contributed by atoms with Crippen molar-refractivity contribution in [1.82, 2.24) is 0 Å². The number of hydrogen-bond donors (Lipinski definition) is 2. The Hall–Kier alpha value is -2.04. The monoisotopic (exact) mass is 264 g/mol. The van der Waals surface area contributed by atoms with Gasteiger partial charge in [-0.15, -0.1) is 0 Å². The second kappa shape index (κ2) is 8.13. The largest absolute Gasteiger partial charge is 0.497 e. The van der Waals surface area contributed by atoms with Gasteiger partial charge in [-0.3, -0.25) is 9.59 Å². The van der Waals surface area contributed by atoms with Gasteiger partial charge in [0.25, 0.3) is 0 Å². The average molecular weight is 264 g/mol. The Morgan fingerprint density at radius 3 is 2.32 bits per heavy atom. The first-order valence-corrected chi connectivity index (χ1v) is 6.34. The van der Waals surface area contributed by atoms with Gasteiger partial charge in [-0.1, -0.05) is 6.42 Å². The third-order valence-corrected chi connectivity index (χ3v) is 2.70. The Balaban J connectivity index is 2.21. The molecular weight excluding hydrogens is 244 g/mol. The summed E-state index contributed by atoms with van der Waals surface area (Å²) >= 11 is 0. The molecule has 0 aliphatic heterocycles. The lowest BCUT2D eigenvalue weighted by Gasteiger charge is -2.06. The number of benzene rings is 1. The van der Waals surface area contributed by atoms with Crippen molar-refractivity contribution in [3.8, 4) is 5.75 Å². The zero-order valence-corrected chi connectivity index (χ0v) is 11.1. The molecule has 0 heterocycles. The summed E-state index contributed by atoms with van der Waals surface area (Å²) in [7, 11) is 1.60. The van der Waals surface area contributed by atoms with Crippen molar-refractivity contribution in [2.45, 2.75) is 32.1 Å². The zero-order valence-electron chi connectivity index (χ0n) is 11.1. The van der Waals surface area contributed by atoms with Crippen molar-refractivity contribution in [3.05, 3.63) is 24.3 Å². The van der Waals surface area contributed by atoms with E-state index in [-0.39, 0.29) is 11.8 Å². The number of carbonyl (C=O) groups is 2. The van der Waals surface area contributed by atoms with Crippen LogP contribution in [0.2, 0.25) is 0 Å². The molecule has 0 aromatic heterocycles. The van der Waals surface area contributed by atoms with Crippen LogP contribution in [0.25, 0.3) is 0 Å². The van der Waals surface area contributed by atoms with Gasteiger partial charge in [0.1, 0.15) is 5.75 Å². The van der Waals surface area contributed by atoms with Crippen LogP contribution in [-0.4, -0.2) is 18.9 Å². The molecule has 0 aliphatic rings. The molecule has 2 amide bonds. The van der Waals surface area contributed by atoms with Crippen molar-refractivity contribution in [2.75, 3.05) is 12.4 Å². The number of primary amides is 1. The second-order valence-electron chi connectivity index (χ2n) is 4.30. The quantitative estimate of drug-likeness (QED) is 0.705. The summed E-state index contributed by atoms with van der Waals surface area (Å²) in [6.45, 7) is 0. The molecule has 1 aromatic rings. The smallest absolute Gasteiger partial charge is 0.224 e. The SMILES string of the molecule is COc1ccc(NC(=O)CCCCCC(N)=O)cc1. The van der Waals surface area contributed by atoms with Gasteiger partial charge < -0.3 is 15.8 Å². The number of unbranched alkanes of at least 4 members (excludes halogenated alkanes) is 2. The van der Waals surface area contributed by atoms with Crippen LogP contribution >= 0.6 is 0 Å². The van der Waals surface area contributed by atoms with Gasteiger partial charge in [0.15, 0.2) is 0 Å². The Kier molecular flexibility index (Phi) is 6.43. The molecule has 0 aliphatic carbocycles. The summed E-state index contributed by atoms with van der Waals surface area (Å²) in [5.41, 5.74) is 5.78. The van der Waals surface area contributed by atoms with Crippen LogP contribution in [0.1, 0.15) is 32.1 Å². The van der Waals surface area contributed by atoms with Gasteiger partial charge >= 0.3 is 0 Å². The number of anilines is 1. The van der Waals surface area contributed by atoms with Crippen molar-refractivity contribution in [2.24, 2.45) is 5.73 Å². The van der Waals surface area contributed by atoms with Crippen LogP contribution < -0.4 is 15.8 Å². The summed E-state index contributed by atoms with van der Waals surface area (Å²) < 4.78 is 5.03. The van der Waals surface area contributed by atoms with Crippen LogP contribution in [0.5, 0.6) is 5.75 Å². The lowest BCUT2D eigenvalue weighted by atomic mass is 10.1. The van der Waals surface area contributed by atoms with E-state index >= 15 is 0 Å². The van der Waals surface area contributed by atoms with Gasteiger partial charge in [-0.25, -0.2) is 0 Å². The molecule has 104 valence electrons. The van der Waals surface area contributed by atoms with E-state index in [0.717, 1.165) is 30.7 Å². The lowest BCUT2D eigenvalue weighted by molar-refractivity contribution is -0.118. The minimum absolute atomic E-state index is 0.0239. The Labute approximate surface area is 113 Å². The predicted octanol–water partition coefficient (Wildman–Crippen LogP) is 2.07.